The average Bonchev–Trinajstić information content (AvgIpc) is 2.14. The van der Waals surface area contributed by atoms with Crippen molar-refractivity contribution in [2.75, 3.05) is 0 Å². The van der Waals surface area contributed by atoms with Crippen LogP contribution in [0.2, 0.25) is 0 Å². The highest BCUT2D eigenvalue weighted by molar-refractivity contribution is 5.94. The number of benzene rings is 1. The molecule has 1 amide bonds. The minimum atomic E-state index is -0.359. The van der Waals surface area contributed by atoms with Crippen molar-refractivity contribution < 1.29 is 4.79 Å². The van der Waals surface area contributed by atoms with Gasteiger partial charge in [0.25, 0.3) is 0 Å². The molecule has 0 unspecified atom stereocenters. The number of fused-ring (bicyclic) bond motifs is 1. The third-order valence-corrected chi connectivity index (χ3v) is 3.02. The van der Waals surface area contributed by atoms with Gasteiger partial charge in [-0.2, -0.15) is 0 Å². The van der Waals surface area contributed by atoms with Gasteiger partial charge in [-0.1, -0.05) is 38.1 Å². The van der Waals surface area contributed by atoms with Crippen molar-refractivity contribution in [3.8, 4) is 0 Å². The zero-order valence-corrected chi connectivity index (χ0v) is 9.79. The molecule has 0 radical (unpaired) electrons. The van der Waals surface area contributed by atoms with Crippen LogP contribution in [0.4, 0.5) is 0 Å². The molecule has 2 nitrogen and oxygen atoms in total. The van der Waals surface area contributed by atoms with E-state index >= 15 is 0 Å². The van der Waals surface area contributed by atoms with Crippen LogP contribution in [0.15, 0.2) is 30.3 Å². The minimum Gasteiger partial charge on any atom is -0.366 e. The van der Waals surface area contributed by atoms with E-state index in [0.717, 1.165) is 18.4 Å². The first-order valence-electron chi connectivity index (χ1n) is 5.56. The van der Waals surface area contributed by atoms with Gasteiger partial charge in [0.1, 0.15) is 0 Å². The molecule has 0 bridgehead atoms. The first kappa shape index (κ1) is 10.9. The Bertz CT molecular complexity index is 458. The van der Waals surface area contributed by atoms with Crippen LogP contribution in [0.1, 0.15) is 31.4 Å². The maximum atomic E-state index is 11.0. The van der Waals surface area contributed by atoms with E-state index in [0.29, 0.717) is 0 Å². The first-order chi connectivity index (χ1) is 7.48. The standard InChI is InChI=1S/C14H17NO/c1-14(2)8-10-5-3-4-6-12(10)11(9-14)7-13(15)16/h3-7H,8-9H2,1-2H3,(H2,15,16)/b11-7-. The Hall–Kier alpha value is -1.57. The van der Waals surface area contributed by atoms with Gasteiger partial charge in [-0.3, -0.25) is 4.79 Å². The summed E-state index contributed by atoms with van der Waals surface area (Å²) in [6.45, 7) is 4.44. The van der Waals surface area contributed by atoms with Crippen LogP contribution in [-0.4, -0.2) is 5.91 Å². The lowest BCUT2D eigenvalue weighted by Gasteiger charge is -2.33. The summed E-state index contributed by atoms with van der Waals surface area (Å²) < 4.78 is 0. The number of hydrogen-bond acceptors (Lipinski definition) is 1. The lowest BCUT2D eigenvalue weighted by Crippen LogP contribution is -2.22. The third-order valence-electron chi connectivity index (χ3n) is 3.02. The third kappa shape index (κ3) is 2.16. The van der Waals surface area contributed by atoms with Crippen LogP contribution < -0.4 is 5.73 Å². The van der Waals surface area contributed by atoms with Gasteiger partial charge in [0.15, 0.2) is 0 Å². The van der Waals surface area contributed by atoms with E-state index in [9.17, 15) is 4.79 Å². The van der Waals surface area contributed by atoms with E-state index in [2.05, 4.69) is 26.0 Å². The highest BCUT2D eigenvalue weighted by atomic mass is 16.1. The fourth-order valence-corrected chi connectivity index (χ4v) is 2.48. The number of primary amides is 1. The average molecular weight is 215 g/mol. The molecule has 1 aromatic rings. The lowest BCUT2D eigenvalue weighted by molar-refractivity contribution is -0.113. The number of rotatable bonds is 1. The second kappa shape index (κ2) is 3.78. The summed E-state index contributed by atoms with van der Waals surface area (Å²) in [6.07, 6.45) is 3.53. The maximum Gasteiger partial charge on any atom is 0.241 e. The zero-order chi connectivity index (χ0) is 11.8. The number of carbonyl (C=O) groups is 1. The molecular formula is C14H17NO. The number of carbonyl (C=O) groups excluding carboxylic acids is 1. The molecule has 2 rings (SSSR count). The molecule has 0 saturated heterocycles. The SMILES string of the molecule is CC1(C)C/C(=C/C(N)=O)c2ccccc2C1. The Labute approximate surface area is 96.2 Å². The van der Waals surface area contributed by atoms with Crippen LogP contribution in [0, 0.1) is 5.41 Å². The molecule has 2 N–H and O–H groups in total. The summed E-state index contributed by atoms with van der Waals surface area (Å²) in [4.78, 5) is 11.0. The summed E-state index contributed by atoms with van der Waals surface area (Å²) in [5.74, 6) is -0.359. The number of amides is 1. The molecule has 1 aliphatic carbocycles. The summed E-state index contributed by atoms with van der Waals surface area (Å²) in [5, 5.41) is 0. The van der Waals surface area contributed by atoms with Gasteiger partial charge in [-0.25, -0.2) is 0 Å². The van der Waals surface area contributed by atoms with Gasteiger partial charge >= 0.3 is 0 Å². The lowest BCUT2D eigenvalue weighted by atomic mass is 9.72. The van der Waals surface area contributed by atoms with Crippen LogP contribution in [0.5, 0.6) is 0 Å². The Morgan fingerprint density at radius 3 is 2.69 bits per heavy atom. The Morgan fingerprint density at radius 1 is 1.31 bits per heavy atom. The van der Waals surface area contributed by atoms with E-state index in [4.69, 9.17) is 5.73 Å². The summed E-state index contributed by atoms with van der Waals surface area (Å²) >= 11 is 0. The Morgan fingerprint density at radius 2 is 2.00 bits per heavy atom. The maximum absolute atomic E-state index is 11.0. The van der Waals surface area contributed by atoms with Crippen molar-refractivity contribution in [2.45, 2.75) is 26.7 Å². The molecule has 0 aliphatic heterocycles. The van der Waals surface area contributed by atoms with E-state index in [-0.39, 0.29) is 11.3 Å². The molecule has 16 heavy (non-hydrogen) atoms. The van der Waals surface area contributed by atoms with E-state index in [1.165, 1.54) is 11.1 Å². The van der Waals surface area contributed by atoms with Crippen molar-refractivity contribution in [1.29, 1.82) is 0 Å². The number of hydrogen-bond donors (Lipinski definition) is 1. The van der Waals surface area contributed by atoms with E-state index in [1.54, 1.807) is 6.08 Å². The van der Waals surface area contributed by atoms with Crippen molar-refractivity contribution in [3.63, 3.8) is 0 Å². The second-order valence-corrected chi connectivity index (χ2v) is 5.25. The fraction of sp³-hybridized carbons (Fsp3) is 0.357. The molecule has 1 aliphatic rings. The van der Waals surface area contributed by atoms with Gasteiger partial charge in [0.05, 0.1) is 0 Å². The monoisotopic (exact) mass is 215 g/mol. The summed E-state index contributed by atoms with van der Waals surface area (Å²) in [6, 6.07) is 8.25. The van der Waals surface area contributed by atoms with E-state index in [1.807, 2.05) is 12.1 Å². The van der Waals surface area contributed by atoms with Crippen molar-refractivity contribution in [2.24, 2.45) is 11.1 Å². The predicted octanol–water partition coefficient (Wildman–Crippen LogP) is 2.53. The predicted molar refractivity (Wildman–Crippen MR) is 65.7 cm³/mol. The molecule has 0 atom stereocenters. The number of allylic oxidation sites excluding steroid dienone is 1. The smallest absolute Gasteiger partial charge is 0.241 e. The molecule has 0 spiro atoms. The molecule has 0 saturated carbocycles. The van der Waals surface area contributed by atoms with Crippen LogP contribution in [-0.2, 0) is 11.2 Å². The molecule has 0 fully saturated rings. The van der Waals surface area contributed by atoms with Gasteiger partial charge in [-0.15, -0.1) is 0 Å². The zero-order valence-electron chi connectivity index (χ0n) is 9.79. The van der Waals surface area contributed by atoms with E-state index < -0.39 is 0 Å². The molecule has 1 aromatic carbocycles. The molecule has 84 valence electrons. The summed E-state index contributed by atoms with van der Waals surface area (Å²) in [7, 11) is 0. The van der Waals surface area contributed by atoms with Crippen LogP contribution >= 0.6 is 0 Å². The first-order valence-corrected chi connectivity index (χ1v) is 5.56. The Kier molecular flexibility index (Phi) is 2.58. The highest BCUT2D eigenvalue weighted by Gasteiger charge is 2.28. The number of nitrogens with two attached hydrogens (primary N) is 1. The van der Waals surface area contributed by atoms with Crippen LogP contribution in [0.25, 0.3) is 5.57 Å². The normalized spacial score (nSPS) is 20.5. The van der Waals surface area contributed by atoms with Crippen molar-refractivity contribution in [3.05, 3.63) is 41.5 Å². The largest absolute Gasteiger partial charge is 0.366 e. The fourth-order valence-electron chi connectivity index (χ4n) is 2.48. The van der Waals surface area contributed by atoms with Gasteiger partial charge in [0.2, 0.25) is 5.91 Å². The quantitative estimate of drug-likeness (QED) is 0.719. The van der Waals surface area contributed by atoms with Gasteiger partial charge in [0, 0.05) is 6.08 Å². The van der Waals surface area contributed by atoms with Crippen molar-refractivity contribution in [1.82, 2.24) is 0 Å². The molecule has 0 heterocycles. The molecule has 0 aromatic heterocycles. The van der Waals surface area contributed by atoms with Gasteiger partial charge in [-0.05, 0) is 35.0 Å². The van der Waals surface area contributed by atoms with Crippen molar-refractivity contribution >= 4 is 11.5 Å². The highest BCUT2D eigenvalue weighted by Crippen LogP contribution is 2.41. The minimum absolute atomic E-state index is 0.204. The second-order valence-electron chi connectivity index (χ2n) is 5.25. The van der Waals surface area contributed by atoms with Gasteiger partial charge < -0.3 is 5.73 Å². The molecular weight excluding hydrogens is 198 g/mol. The van der Waals surface area contributed by atoms with Crippen LogP contribution in [0.3, 0.4) is 0 Å². The summed E-state index contributed by atoms with van der Waals surface area (Å²) in [5.41, 5.74) is 9.02. The topological polar surface area (TPSA) is 43.1 Å². The Balaban J connectivity index is 2.52. The molecule has 2 heteroatoms.